The fraction of sp³-hybridized carbons (Fsp3) is 0.667. The van der Waals surface area contributed by atoms with Gasteiger partial charge in [-0.3, -0.25) is 4.90 Å². The van der Waals surface area contributed by atoms with E-state index in [1.54, 1.807) is 4.31 Å². The average molecular weight is 386 g/mol. The van der Waals surface area contributed by atoms with Gasteiger partial charge in [0.15, 0.2) is 0 Å². The maximum Gasteiger partial charge on any atom is 0.217 e. The van der Waals surface area contributed by atoms with E-state index in [4.69, 9.17) is 9.47 Å². The summed E-state index contributed by atoms with van der Waals surface area (Å²) in [7, 11) is -3.32. The third kappa shape index (κ3) is 5.64. The smallest absolute Gasteiger partial charge is 0.217 e. The van der Waals surface area contributed by atoms with Crippen LogP contribution in [0.3, 0.4) is 0 Å². The molecule has 0 bridgehead atoms. The van der Waals surface area contributed by atoms with Crippen LogP contribution < -0.4 is 4.74 Å². The lowest BCUT2D eigenvalue weighted by Gasteiger charge is -2.35. The minimum Gasteiger partial charge on any atom is -0.492 e. The third-order valence-corrected chi connectivity index (χ3v) is 6.85. The highest BCUT2D eigenvalue weighted by Crippen LogP contribution is 2.21. The second-order valence-electron chi connectivity index (χ2n) is 6.87. The minimum atomic E-state index is -3.32. The highest BCUT2D eigenvalue weighted by atomic mass is 32.2. The molecule has 8 heteroatoms. The number of sulfonamides is 1. The molecule has 2 fully saturated rings. The molecule has 0 unspecified atom stereocenters. The van der Waals surface area contributed by atoms with Crippen molar-refractivity contribution in [2.24, 2.45) is 5.92 Å². The van der Waals surface area contributed by atoms with Crippen molar-refractivity contribution < 1.29 is 22.3 Å². The van der Waals surface area contributed by atoms with Crippen molar-refractivity contribution >= 4 is 10.0 Å². The molecule has 2 heterocycles. The van der Waals surface area contributed by atoms with E-state index in [2.05, 4.69) is 4.90 Å². The van der Waals surface area contributed by atoms with Crippen molar-refractivity contribution in [1.82, 2.24) is 9.21 Å². The van der Waals surface area contributed by atoms with Gasteiger partial charge in [0.25, 0.3) is 0 Å². The van der Waals surface area contributed by atoms with Crippen LogP contribution in [0.1, 0.15) is 12.8 Å². The van der Waals surface area contributed by atoms with Gasteiger partial charge in [-0.2, -0.15) is 0 Å². The molecule has 0 spiro atoms. The maximum absolute atomic E-state index is 12.9. The number of nitrogens with zero attached hydrogens (tertiary/aromatic N) is 2. The largest absolute Gasteiger partial charge is 0.492 e. The van der Waals surface area contributed by atoms with Crippen LogP contribution in [-0.4, -0.2) is 75.9 Å². The van der Waals surface area contributed by atoms with Gasteiger partial charge in [-0.15, -0.1) is 0 Å². The van der Waals surface area contributed by atoms with Gasteiger partial charge in [-0.1, -0.05) is 0 Å². The molecule has 0 radical (unpaired) electrons. The quantitative estimate of drug-likeness (QED) is 0.712. The van der Waals surface area contributed by atoms with Gasteiger partial charge in [-0.05, 0) is 43.0 Å². The molecule has 146 valence electrons. The van der Waals surface area contributed by atoms with E-state index in [0.717, 1.165) is 45.7 Å². The zero-order valence-electron chi connectivity index (χ0n) is 15.0. The molecular formula is C18H27FN2O4S. The Morgan fingerprint density at radius 3 is 2.38 bits per heavy atom. The summed E-state index contributed by atoms with van der Waals surface area (Å²) in [5, 5.41) is 0. The number of hydrogen-bond acceptors (Lipinski definition) is 5. The highest BCUT2D eigenvalue weighted by molar-refractivity contribution is 7.89. The van der Waals surface area contributed by atoms with Crippen molar-refractivity contribution in [3.63, 3.8) is 0 Å². The van der Waals surface area contributed by atoms with Crippen molar-refractivity contribution in [3.05, 3.63) is 30.1 Å². The minimum absolute atomic E-state index is 0.0570. The molecule has 1 aromatic rings. The zero-order valence-corrected chi connectivity index (χ0v) is 15.8. The van der Waals surface area contributed by atoms with Gasteiger partial charge in [0.1, 0.15) is 18.2 Å². The number of rotatable bonds is 7. The van der Waals surface area contributed by atoms with Gasteiger partial charge in [0.05, 0.1) is 19.0 Å². The highest BCUT2D eigenvalue weighted by Gasteiger charge is 2.29. The Morgan fingerprint density at radius 2 is 1.73 bits per heavy atom. The molecule has 2 saturated heterocycles. The number of morpholine rings is 1. The van der Waals surface area contributed by atoms with Crippen molar-refractivity contribution in [2.75, 3.05) is 58.3 Å². The second-order valence-corrected chi connectivity index (χ2v) is 8.96. The van der Waals surface area contributed by atoms with E-state index in [0.29, 0.717) is 24.8 Å². The van der Waals surface area contributed by atoms with Crippen LogP contribution in [0.2, 0.25) is 0 Å². The molecule has 0 saturated carbocycles. The van der Waals surface area contributed by atoms with Crippen LogP contribution in [0.4, 0.5) is 4.39 Å². The molecule has 3 rings (SSSR count). The van der Waals surface area contributed by atoms with Gasteiger partial charge in [0, 0.05) is 32.7 Å². The van der Waals surface area contributed by atoms with Crippen LogP contribution in [0, 0.1) is 11.7 Å². The van der Waals surface area contributed by atoms with Crippen molar-refractivity contribution in [2.45, 2.75) is 12.8 Å². The predicted molar refractivity (Wildman–Crippen MR) is 97.2 cm³/mol. The fourth-order valence-electron chi connectivity index (χ4n) is 3.44. The molecule has 6 nitrogen and oxygen atoms in total. The molecule has 2 aliphatic heterocycles. The van der Waals surface area contributed by atoms with E-state index in [1.165, 1.54) is 24.3 Å². The molecule has 0 amide bonds. The van der Waals surface area contributed by atoms with Crippen molar-refractivity contribution in [3.8, 4) is 5.75 Å². The summed E-state index contributed by atoms with van der Waals surface area (Å²) in [6.07, 6.45) is 1.80. The van der Waals surface area contributed by atoms with E-state index in [-0.39, 0.29) is 18.2 Å². The maximum atomic E-state index is 12.9. The Hall–Kier alpha value is -1.22. The Balaban J connectivity index is 1.40. The molecule has 0 aliphatic carbocycles. The molecule has 26 heavy (non-hydrogen) atoms. The Morgan fingerprint density at radius 1 is 1.08 bits per heavy atom. The Bertz CT molecular complexity index is 654. The first-order chi connectivity index (χ1) is 12.5. The Kier molecular flexibility index (Phi) is 6.86. The summed E-state index contributed by atoms with van der Waals surface area (Å²) in [6, 6.07) is 5.59. The summed E-state index contributed by atoms with van der Waals surface area (Å²) in [5.41, 5.74) is 0. The predicted octanol–water partition coefficient (Wildman–Crippen LogP) is 1.58. The van der Waals surface area contributed by atoms with Crippen molar-refractivity contribution in [1.29, 1.82) is 0 Å². The number of piperidine rings is 1. The normalized spacial score (nSPS) is 21.0. The Labute approximate surface area is 154 Å². The average Bonchev–Trinajstić information content (AvgIpc) is 2.65. The third-order valence-electron chi connectivity index (χ3n) is 5.01. The summed E-state index contributed by atoms with van der Waals surface area (Å²) >= 11 is 0. The topological polar surface area (TPSA) is 59.1 Å². The molecule has 1 aromatic carbocycles. The monoisotopic (exact) mass is 386 g/mol. The van der Waals surface area contributed by atoms with Crippen LogP contribution >= 0.6 is 0 Å². The SMILES string of the molecule is O=S(=O)(CCOc1ccc(F)cc1)N1CCC(CN2CCOCC2)CC1. The molecule has 0 N–H and O–H groups in total. The number of ether oxygens (including phenoxy) is 2. The number of hydrogen-bond donors (Lipinski definition) is 0. The van der Waals surface area contributed by atoms with Crippen LogP contribution in [0.25, 0.3) is 0 Å². The summed E-state index contributed by atoms with van der Waals surface area (Å²) in [6.45, 7) is 5.79. The first kappa shape index (κ1) is 19.5. The van der Waals surface area contributed by atoms with Gasteiger partial charge in [0.2, 0.25) is 10.0 Å². The van der Waals surface area contributed by atoms with Gasteiger partial charge < -0.3 is 9.47 Å². The van der Waals surface area contributed by atoms with E-state index >= 15 is 0 Å². The van der Waals surface area contributed by atoms with E-state index in [9.17, 15) is 12.8 Å². The fourth-order valence-corrected chi connectivity index (χ4v) is 4.76. The number of benzene rings is 1. The van der Waals surface area contributed by atoms with Crippen LogP contribution in [0.5, 0.6) is 5.75 Å². The lowest BCUT2D eigenvalue weighted by atomic mass is 9.97. The van der Waals surface area contributed by atoms with E-state index in [1.807, 2.05) is 0 Å². The first-order valence-electron chi connectivity index (χ1n) is 9.19. The zero-order chi connectivity index (χ0) is 18.4. The van der Waals surface area contributed by atoms with Gasteiger partial charge in [-0.25, -0.2) is 17.1 Å². The molecular weight excluding hydrogens is 359 g/mol. The summed E-state index contributed by atoms with van der Waals surface area (Å²) < 4.78 is 50.2. The standard InChI is InChI=1S/C18H27FN2O4S/c19-17-1-3-18(4-2-17)25-13-14-26(22,23)21-7-5-16(6-8-21)15-20-9-11-24-12-10-20/h1-4,16H,5-15H2. The molecule has 2 aliphatic rings. The van der Waals surface area contributed by atoms with Crippen LogP contribution in [0.15, 0.2) is 24.3 Å². The summed E-state index contributed by atoms with van der Waals surface area (Å²) in [5.74, 6) is 0.629. The molecule has 0 atom stereocenters. The first-order valence-corrected chi connectivity index (χ1v) is 10.8. The lowest BCUT2D eigenvalue weighted by Crippen LogP contribution is -2.45. The lowest BCUT2D eigenvalue weighted by molar-refractivity contribution is 0.0269. The number of halogens is 1. The second kappa shape index (κ2) is 9.12. The molecule has 0 aromatic heterocycles. The van der Waals surface area contributed by atoms with Gasteiger partial charge >= 0.3 is 0 Å². The van der Waals surface area contributed by atoms with Crippen LogP contribution in [-0.2, 0) is 14.8 Å². The summed E-state index contributed by atoms with van der Waals surface area (Å²) in [4.78, 5) is 2.41. The van der Waals surface area contributed by atoms with E-state index < -0.39 is 10.0 Å².